The Labute approximate surface area is 96.6 Å². The molecule has 0 aliphatic carbocycles. The molecule has 1 atom stereocenters. The summed E-state index contributed by atoms with van der Waals surface area (Å²) >= 11 is 0. The highest BCUT2D eigenvalue weighted by Gasteiger charge is 2.45. The third-order valence-corrected chi connectivity index (χ3v) is 3.29. The number of hydrogen-bond donors (Lipinski definition) is 1. The molecule has 1 fully saturated rings. The van der Waals surface area contributed by atoms with E-state index in [0.717, 1.165) is 0 Å². The number of piperidine rings is 1. The molecule has 1 unspecified atom stereocenters. The Balaban J connectivity index is 2.88. The number of ketones is 1. The largest absolute Gasteiger partial charge is 0.389 e. The minimum absolute atomic E-state index is 0.237. The lowest BCUT2D eigenvalue weighted by atomic mass is 9.79. The fourth-order valence-electron chi connectivity index (χ4n) is 2.79. The van der Waals surface area contributed by atoms with Gasteiger partial charge in [-0.2, -0.15) is 0 Å². The SMILES string of the molecule is CC1(C)CC(=O)CC(C)(C)N1CC(O)CF. The number of nitrogens with zero attached hydrogens (tertiary/aromatic N) is 1. The molecule has 1 saturated heterocycles. The van der Waals surface area contributed by atoms with Gasteiger partial charge in [0.05, 0.1) is 6.10 Å². The first-order chi connectivity index (χ1) is 7.19. The van der Waals surface area contributed by atoms with Crippen molar-refractivity contribution in [2.24, 2.45) is 0 Å². The van der Waals surface area contributed by atoms with Crippen LogP contribution in [0.25, 0.3) is 0 Å². The number of aliphatic hydroxyl groups excluding tert-OH is 1. The molecule has 0 aromatic carbocycles. The molecular formula is C12H22FNO2. The Hall–Kier alpha value is -0.480. The summed E-state index contributed by atoms with van der Waals surface area (Å²) in [6.07, 6.45) is -0.0306. The lowest BCUT2D eigenvalue weighted by molar-refractivity contribution is -0.135. The Morgan fingerprint density at radius 1 is 1.31 bits per heavy atom. The van der Waals surface area contributed by atoms with Gasteiger partial charge in [-0.25, -0.2) is 4.39 Å². The molecule has 0 bridgehead atoms. The molecule has 0 saturated carbocycles. The van der Waals surface area contributed by atoms with E-state index in [0.29, 0.717) is 12.8 Å². The number of β-amino-alcohol motifs (C(OH)–C–C–N with tert-alkyl or cyclic N) is 1. The van der Waals surface area contributed by atoms with Crippen molar-refractivity contribution in [2.45, 2.75) is 57.7 Å². The summed E-state index contributed by atoms with van der Waals surface area (Å²) in [5.41, 5.74) is -0.621. The van der Waals surface area contributed by atoms with Crippen molar-refractivity contribution in [2.75, 3.05) is 13.2 Å². The minimum Gasteiger partial charge on any atom is -0.389 e. The zero-order chi connectivity index (χ0) is 12.6. The number of halogens is 1. The van der Waals surface area contributed by atoms with Crippen LogP contribution in [0, 0.1) is 0 Å². The molecule has 16 heavy (non-hydrogen) atoms. The highest BCUT2D eigenvalue weighted by atomic mass is 19.1. The van der Waals surface area contributed by atoms with Crippen molar-refractivity contribution in [3.63, 3.8) is 0 Å². The quantitative estimate of drug-likeness (QED) is 0.801. The number of aliphatic hydroxyl groups is 1. The first-order valence-corrected chi connectivity index (χ1v) is 5.72. The van der Waals surface area contributed by atoms with E-state index in [2.05, 4.69) is 0 Å². The highest BCUT2D eigenvalue weighted by Crippen LogP contribution is 2.36. The van der Waals surface area contributed by atoms with Crippen LogP contribution in [0.2, 0.25) is 0 Å². The second-order valence-electron chi connectivity index (χ2n) is 5.94. The number of hydrogen-bond acceptors (Lipinski definition) is 3. The summed E-state index contributed by atoms with van der Waals surface area (Å²) in [6, 6.07) is 0. The van der Waals surface area contributed by atoms with Gasteiger partial charge >= 0.3 is 0 Å². The van der Waals surface area contributed by atoms with Gasteiger partial charge in [0.1, 0.15) is 12.5 Å². The number of alkyl halides is 1. The van der Waals surface area contributed by atoms with Crippen molar-refractivity contribution in [1.82, 2.24) is 4.90 Å². The average molecular weight is 231 g/mol. The predicted octanol–water partition coefficient (Wildman–Crippen LogP) is 1.54. The number of carbonyl (C=O) groups is 1. The van der Waals surface area contributed by atoms with Gasteiger partial charge in [0.2, 0.25) is 0 Å². The van der Waals surface area contributed by atoms with Crippen LogP contribution < -0.4 is 0 Å². The van der Waals surface area contributed by atoms with Crippen molar-refractivity contribution < 1.29 is 14.3 Å². The Morgan fingerprint density at radius 2 is 1.75 bits per heavy atom. The Morgan fingerprint density at radius 3 is 2.12 bits per heavy atom. The predicted molar refractivity (Wildman–Crippen MR) is 61.1 cm³/mol. The van der Waals surface area contributed by atoms with Gasteiger partial charge in [-0.3, -0.25) is 9.69 Å². The number of likely N-dealkylation sites (tertiary alicyclic amines) is 1. The van der Waals surface area contributed by atoms with E-state index in [1.807, 2.05) is 32.6 Å². The van der Waals surface area contributed by atoms with Crippen LogP contribution in [0.3, 0.4) is 0 Å². The van der Waals surface area contributed by atoms with E-state index in [9.17, 15) is 14.3 Å². The molecule has 0 radical (unpaired) electrons. The molecule has 1 aliphatic rings. The summed E-state index contributed by atoms with van der Waals surface area (Å²) in [4.78, 5) is 13.7. The number of rotatable bonds is 3. The Kier molecular flexibility index (Phi) is 3.75. The third-order valence-electron chi connectivity index (χ3n) is 3.29. The maximum atomic E-state index is 12.4. The summed E-state index contributed by atoms with van der Waals surface area (Å²) in [7, 11) is 0. The minimum atomic E-state index is -0.966. The van der Waals surface area contributed by atoms with Gasteiger partial charge in [0.25, 0.3) is 0 Å². The van der Waals surface area contributed by atoms with Gasteiger partial charge in [-0.1, -0.05) is 0 Å². The van der Waals surface area contributed by atoms with E-state index in [1.165, 1.54) is 0 Å². The molecule has 0 spiro atoms. The van der Waals surface area contributed by atoms with E-state index >= 15 is 0 Å². The van der Waals surface area contributed by atoms with Gasteiger partial charge in [-0.05, 0) is 27.7 Å². The first kappa shape index (κ1) is 13.6. The number of carbonyl (C=O) groups excluding carboxylic acids is 1. The van der Waals surface area contributed by atoms with Gasteiger partial charge in [0.15, 0.2) is 0 Å². The van der Waals surface area contributed by atoms with Crippen LogP contribution in [0.1, 0.15) is 40.5 Å². The summed E-state index contributed by atoms with van der Waals surface area (Å²) in [5, 5.41) is 9.44. The standard InChI is InChI=1S/C12H22FNO2/c1-11(2)5-9(15)6-12(3,4)14(11)8-10(16)7-13/h10,16H,5-8H2,1-4H3. The summed E-state index contributed by atoms with van der Waals surface area (Å²) < 4.78 is 12.4. The molecule has 1 heterocycles. The lowest BCUT2D eigenvalue weighted by Gasteiger charge is -2.52. The van der Waals surface area contributed by atoms with Crippen LogP contribution in [0.5, 0.6) is 0 Å². The molecule has 0 aromatic heterocycles. The number of Topliss-reactive ketones (excluding diaryl/α,β-unsaturated/α-hetero) is 1. The average Bonchev–Trinajstić information content (AvgIpc) is 2.08. The first-order valence-electron chi connectivity index (χ1n) is 5.72. The third kappa shape index (κ3) is 2.80. The molecule has 0 aromatic rings. The van der Waals surface area contributed by atoms with Crippen LogP contribution in [0.15, 0.2) is 0 Å². The molecule has 1 rings (SSSR count). The summed E-state index contributed by atoms with van der Waals surface area (Å²) in [5.74, 6) is 0.237. The van der Waals surface area contributed by atoms with Crippen molar-refractivity contribution >= 4 is 5.78 Å². The maximum Gasteiger partial charge on any atom is 0.136 e. The lowest BCUT2D eigenvalue weighted by Crippen LogP contribution is -2.62. The van der Waals surface area contributed by atoms with Crippen molar-refractivity contribution in [3.8, 4) is 0 Å². The molecule has 1 N–H and O–H groups in total. The van der Waals surface area contributed by atoms with Crippen LogP contribution in [-0.2, 0) is 4.79 Å². The van der Waals surface area contributed by atoms with Crippen LogP contribution in [0.4, 0.5) is 4.39 Å². The molecule has 3 nitrogen and oxygen atoms in total. The fraction of sp³-hybridized carbons (Fsp3) is 0.917. The molecule has 1 aliphatic heterocycles. The van der Waals surface area contributed by atoms with Gasteiger partial charge in [-0.15, -0.1) is 0 Å². The smallest absolute Gasteiger partial charge is 0.136 e. The fourth-order valence-corrected chi connectivity index (χ4v) is 2.79. The highest BCUT2D eigenvalue weighted by molar-refractivity contribution is 5.81. The van der Waals surface area contributed by atoms with E-state index in [-0.39, 0.29) is 23.4 Å². The molecular weight excluding hydrogens is 209 g/mol. The maximum absolute atomic E-state index is 12.4. The Bertz CT molecular complexity index is 256. The van der Waals surface area contributed by atoms with E-state index < -0.39 is 12.8 Å². The van der Waals surface area contributed by atoms with Crippen LogP contribution in [-0.4, -0.2) is 46.2 Å². The van der Waals surface area contributed by atoms with Crippen molar-refractivity contribution in [3.05, 3.63) is 0 Å². The normalized spacial score (nSPS) is 26.8. The monoisotopic (exact) mass is 231 g/mol. The zero-order valence-electron chi connectivity index (χ0n) is 10.6. The summed E-state index contributed by atoms with van der Waals surface area (Å²) in [6.45, 7) is 7.42. The van der Waals surface area contributed by atoms with Crippen molar-refractivity contribution in [1.29, 1.82) is 0 Å². The van der Waals surface area contributed by atoms with E-state index in [4.69, 9.17) is 0 Å². The zero-order valence-corrected chi connectivity index (χ0v) is 10.6. The molecule has 0 amide bonds. The molecule has 4 heteroatoms. The van der Waals surface area contributed by atoms with E-state index in [1.54, 1.807) is 0 Å². The van der Waals surface area contributed by atoms with Gasteiger partial charge in [0, 0.05) is 30.5 Å². The molecule has 94 valence electrons. The second-order valence-corrected chi connectivity index (χ2v) is 5.94. The van der Waals surface area contributed by atoms with Gasteiger partial charge < -0.3 is 5.11 Å². The topological polar surface area (TPSA) is 40.5 Å². The van der Waals surface area contributed by atoms with Crippen LogP contribution >= 0.6 is 0 Å². The second kappa shape index (κ2) is 4.41.